The lowest BCUT2D eigenvalue weighted by Crippen LogP contribution is -2.45. The van der Waals surface area contributed by atoms with Crippen molar-refractivity contribution in [3.63, 3.8) is 0 Å². The molecule has 3 amide bonds. The molecule has 1 atom stereocenters. The van der Waals surface area contributed by atoms with Crippen molar-refractivity contribution in [1.82, 2.24) is 10.2 Å². The van der Waals surface area contributed by atoms with Crippen molar-refractivity contribution in [2.24, 2.45) is 11.8 Å². The third kappa shape index (κ3) is 5.27. The number of anilines is 1. The van der Waals surface area contributed by atoms with E-state index in [1.807, 2.05) is 49.9 Å². The van der Waals surface area contributed by atoms with Crippen LogP contribution in [0.1, 0.15) is 32.3 Å². The van der Waals surface area contributed by atoms with Crippen LogP contribution in [-0.4, -0.2) is 36.5 Å². The molecule has 1 saturated heterocycles. The molecule has 5 nitrogen and oxygen atoms in total. The second-order valence-electron chi connectivity index (χ2n) is 6.65. The predicted molar refractivity (Wildman–Crippen MR) is 92.3 cm³/mol. The fourth-order valence-corrected chi connectivity index (χ4v) is 2.70. The van der Waals surface area contributed by atoms with Crippen LogP contribution >= 0.6 is 0 Å². The van der Waals surface area contributed by atoms with Gasteiger partial charge in [0.1, 0.15) is 0 Å². The van der Waals surface area contributed by atoms with Gasteiger partial charge in [0.25, 0.3) is 0 Å². The van der Waals surface area contributed by atoms with Crippen LogP contribution in [0.3, 0.4) is 0 Å². The lowest BCUT2D eigenvalue weighted by Gasteiger charge is -2.33. The largest absolute Gasteiger partial charge is 0.356 e. The number of hydrogen-bond acceptors (Lipinski definition) is 2. The standard InChI is InChI=1S/C18H27N3O2/c1-13(2)17(22)19-11-15-5-4-10-21(12-15)18(23)20-16-8-6-14(3)7-9-16/h6-9,13,15H,4-5,10-12H2,1-3H3,(H,19,22)(H,20,23)/t15-/m1/s1. The molecule has 1 aliphatic heterocycles. The predicted octanol–water partition coefficient (Wildman–Crippen LogP) is 3.01. The van der Waals surface area contributed by atoms with Crippen molar-refractivity contribution in [2.75, 3.05) is 25.0 Å². The summed E-state index contributed by atoms with van der Waals surface area (Å²) < 4.78 is 0. The van der Waals surface area contributed by atoms with Gasteiger partial charge in [-0.1, -0.05) is 31.5 Å². The molecule has 1 aromatic rings. The van der Waals surface area contributed by atoms with E-state index in [0.29, 0.717) is 19.0 Å². The van der Waals surface area contributed by atoms with E-state index in [9.17, 15) is 9.59 Å². The lowest BCUT2D eigenvalue weighted by molar-refractivity contribution is -0.124. The van der Waals surface area contributed by atoms with E-state index in [1.54, 1.807) is 0 Å². The Labute approximate surface area is 138 Å². The molecule has 1 fully saturated rings. The van der Waals surface area contributed by atoms with E-state index in [2.05, 4.69) is 10.6 Å². The summed E-state index contributed by atoms with van der Waals surface area (Å²) in [6, 6.07) is 7.73. The summed E-state index contributed by atoms with van der Waals surface area (Å²) in [5, 5.41) is 5.91. The first-order valence-electron chi connectivity index (χ1n) is 8.36. The van der Waals surface area contributed by atoms with E-state index < -0.39 is 0 Å². The van der Waals surface area contributed by atoms with Gasteiger partial charge in [0.15, 0.2) is 0 Å². The fourth-order valence-electron chi connectivity index (χ4n) is 2.70. The Kier molecular flexibility index (Phi) is 6.02. The Bertz CT molecular complexity index is 540. The lowest BCUT2D eigenvalue weighted by atomic mass is 9.98. The minimum absolute atomic E-state index is 0.000436. The van der Waals surface area contributed by atoms with Crippen LogP contribution in [0.25, 0.3) is 0 Å². The number of nitrogens with one attached hydrogen (secondary N) is 2. The molecule has 0 saturated carbocycles. The monoisotopic (exact) mass is 317 g/mol. The molecule has 2 rings (SSSR count). The van der Waals surface area contributed by atoms with E-state index in [4.69, 9.17) is 0 Å². The summed E-state index contributed by atoms with van der Waals surface area (Å²) in [7, 11) is 0. The number of benzene rings is 1. The van der Waals surface area contributed by atoms with Crippen LogP contribution in [-0.2, 0) is 4.79 Å². The number of piperidine rings is 1. The molecule has 23 heavy (non-hydrogen) atoms. The van der Waals surface area contributed by atoms with E-state index in [0.717, 1.165) is 25.1 Å². The summed E-state index contributed by atoms with van der Waals surface area (Å²) in [6.45, 7) is 7.90. The molecule has 1 aliphatic rings. The van der Waals surface area contributed by atoms with Crippen molar-refractivity contribution < 1.29 is 9.59 Å². The molecule has 0 aromatic heterocycles. The maximum absolute atomic E-state index is 12.4. The number of urea groups is 1. The van der Waals surface area contributed by atoms with E-state index in [1.165, 1.54) is 5.56 Å². The van der Waals surface area contributed by atoms with Gasteiger partial charge in [-0.05, 0) is 37.8 Å². The SMILES string of the molecule is Cc1ccc(NC(=O)N2CCC[C@H](CNC(=O)C(C)C)C2)cc1. The minimum Gasteiger partial charge on any atom is -0.356 e. The van der Waals surface area contributed by atoms with Crippen molar-refractivity contribution in [2.45, 2.75) is 33.6 Å². The first-order valence-corrected chi connectivity index (χ1v) is 8.36. The highest BCUT2D eigenvalue weighted by Gasteiger charge is 2.24. The van der Waals surface area contributed by atoms with Crippen molar-refractivity contribution in [3.8, 4) is 0 Å². The highest BCUT2D eigenvalue weighted by Crippen LogP contribution is 2.17. The maximum Gasteiger partial charge on any atom is 0.321 e. The second kappa shape index (κ2) is 7.99. The molecule has 1 aromatic carbocycles. The first kappa shape index (κ1) is 17.3. The quantitative estimate of drug-likeness (QED) is 0.897. The molecule has 0 aliphatic carbocycles. The number of carbonyl (C=O) groups is 2. The molecule has 1 heterocycles. The number of rotatable bonds is 4. The van der Waals surface area contributed by atoms with Crippen molar-refractivity contribution >= 4 is 17.6 Å². The van der Waals surface area contributed by atoms with Gasteiger partial charge >= 0.3 is 6.03 Å². The van der Waals surface area contributed by atoms with Crippen LogP contribution in [0.2, 0.25) is 0 Å². The van der Waals surface area contributed by atoms with Crippen LogP contribution in [0.4, 0.5) is 10.5 Å². The van der Waals surface area contributed by atoms with Crippen LogP contribution < -0.4 is 10.6 Å². The summed E-state index contributed by atoms with van der Waals surface area (Å²) in [4.78, 5) is 25.9. The van der Waals surface area contributed by atoms with E-state index in [-0.39, 0.29) is 17.9 Å². The smallest absolute Gasteiger partial charge is 0.321 e. The summed E-state index contributed by atoms with van der Waals surface area (Å²) in [5.41, 5.74) is 1.98. The van der Waals surface area contributed by atoms with Gasteiger partial charge in [-0.2, -0.15) is 0 Å². The normalized spacial score (nSPS) is 17.9. The molecular formula is C18H27N3O2. The Balaban J connectivity index is 1.83. The topological polar surface area (TPSA) is 61.4 Å². The van der Waals surface area contributed by atoms with Crippen LogP contribution in [0.5, 0.6) is 0 Å². The Morgan fingerprint density at radius 2 is 1.96 bits per heavy atom. The molecular weight excluding hydrogens is 290 g/mol. The van der Waals surface area contributed by atoms with Gasteiger partial charge < -0.3 is 15.5 Å². The first-order chi connectivity index (χ1) is 11.0. The van der Waals surface area contributed by atoms with Crippen molar-refractivity contribution in [3.05, 3.63) is 29.8 Å². The number of nitrogens with zero attached hydrogens (tertiary/aromatic N) is 1. The molecule has 0 bridgehead atoms. The number of aryl methyl sites for hydroxylation is 1. The van der Waals surface area contributed by atoms with Gasteiger partial charge in [0.05, 0.1) is 0 Å². The highest BCUT2D eigenvalue weighted by atomic mass is 16.2. The van der Waals surface area contributed by atoms with Gasteiger partial charge in [0.2, 0.25) is 5.91 Å². The van der Waals surface area contributed by atoms with Crippen LogP contribution in [0.15, 0.2) is 24.3 Å². The fraction of sp³-hybridized carbons (Fsp3) is 0.556. The summed E-state index contributed by atoms with van der Waals surface area (Å²) in [6.07, 6.45) is 2.02. The van der Waals surface area contributed by atoms with E-state index >= 15 is 0 Å². The molecule has 2 N–H and O–H groups in total. The summed E-state index contributed by atoms with van der Waals surface area (Å²) >= 11 is 0. The molecule has 0 spiro atoms. The Morgan fingerprint density at radius 1 is 1.26 bits per heavy atom. The average molecular weight is 317 g/mol. The zero-order valence-corrected chi connectivity index (χ0v) is 14.3. The number of amides is 3. The number of likely N-dealkylation sites (tertiary alicyclic amines) is 1. The third-order valence-electron chi connectivity index (χ3n) is 4.20. The second-order valence-corrected chi connectivity index (χ2v) is 6.65. The molecule has 126 valence electrons. The molecule has 5 heteroatoms. The molecule has 0 unspecified atom stereocenters. The average Bonchev–Trinajstić information content (AvgIpc) is 2.54. The van der Waals surface area contributed by atoms with Gasteiger partial charge in [-0.15, -0.1) is 0 Å². The summed E-state index contributed by atoms with van der Waals surface area (Å²) in [5.74, 6) is 0.404. The number of hydrogen-bond donors (Lipinski definition) is 2. The Morgan fingerprint density at radius 3 is 2.61 bits per heavy atom. The third-order valence-corrected chi connectivity index (χ3v) is 4.20. The Hall–Kier alpha value is -2.04. The maximum atomic E-state index is 12.4. The van der Waals surface area contributed by atoms with Gasteiger partial charge in [-0.3, -0.25) is 4.79 Å². The van der Waals surface area contributed by atoms with Crippen molar-refractivity contribution in [1.29, 1.82) is 0 Å². The van der Waals surface area contributed by atoms with Gasteiger partial charge in [0, 0.05) is 31.2 Å². The zero-order chi connectivity index (χ0) is 16.8. The number of carbonyl (C=O) groups excluding carboxylic acids is 2. The van der Waals surface area contributed by atoms with Crippen LogP contribution in [0, 0.1) is 18.8 Å². The zero-order valence-electron chi connectivity index (χ0n) is 14.3. The molecule has 0 radical (unpaired) electrons. The minimum atomic E-state index is -0.0614. The highest BCUT2D eigenvalue weighted by molar-refractivity contribution is 5.89. The van der Waals surface area contributed by atoms with Gasteiger partial charge in [-0.25, -0.2) is 4.79 Å².